The molecule has 2 aromatic rings. The van der Waals surface area contributed by atoms with Crippen molar-refractivity contribution in [2.24, 2.45) is 0 Å². The first kappa shape index (κ1) is 20.2. The van der Waals surface area contributed by atoms with Crippen molar-refractivity contribution in [2.75, 3.05) is 11.9 Å². The molecule has 0 unspecified atom stereocenters. The highest BCUT2D eigenvalue weighted by Gasteiger charge is 2.41. The zero-order valence-electron chi connectivity index (χ0n) is 14.9. The fraction of sp³-hybridized carbons (Fsp3) is 0.158. The Labute approximate surface area is 169 Å². The molecule has 2 aromatic carbocycles. The van der Waals surface area contributed by atoms with Gasteiger partial charge < -0.3 is 5.32 Å². The number of imide groups is 1. The van der Waals surface area contributed by atoms with E-state index in [9.17, 15) is 29.3 Å². The Hall–Kier alpha value is -3.53. The van der Waals surface area contributed by atoms with Crippen molar-refractivity contribution >= 4 is 46.0 Å². The van der Waals surface area contributed by atoms with Gasteiger partial charge in [0.2, 0.25) is 11.8 Å². The molecule has 1 aliphatic rings. The van der Waals surface area contributed by atoms with E-state index in [2.05, 4.69) is 5.32 Å². The maximum absolute atomic E-state index is 12.5. The van der Waals surface area contributed by atoms with E-state index in [4.69, 9.17) is 0 Å². The summed E-state index contributed by atoms with van der Waals surface area (Å²) in [6.07, 6.45) is -0.262. The van der Waals surface area contributed by atoms with Crippen LogP contribution >= 0.6 is 11.8 Å². The number of rotatable bonds is 7. The lowest BCUT2D eigenvalue weighted by atomic mass is 10.1. The summed E-state index contributed by atoms with van der Waals surface area (Å²) >= 11 is 0.699. The Bertz CT molecular complexity index is 977. The predicted molar refractivity (Wildman–Crippen MR) is 106 cm³/mol. The van der Waals surface area contributed by atoms with Crippen LogP contribution in [0.25, 0.3) is 0 Å². The molecule has 9 nitrogen and oxygen atoms in total. The molecule has 1 saturated heterocycles. The number of carbonyl (C=O) groups is 4. The van der Waals surface area contributed by atoms with Crippen molar-refractivity contribution < 1.29 is 24.1 Å². The number of nitro groups is 1. The number of nitrogens with zero attached hydrogens (tertiary/aromatic N) is 2. The summed E-state index contributed by atoms with van der Waals surface area (Å²) in [7, 11) is 0. The van der Waals surface area contributed by atoms with Crippen molar-refractivity contribution in [3.05, 3.63) is 70.3 Å². The van der Waals surface area contributed by atoms with E-state index in [0.29, 0.717) is 23.0 Å². The molecule has 1 fully saturated rings. The summed E-state index contributed by atoms with van der Waals surface area (Å²) in [5.41, 5.74) is 0.602. The highest BCUT2D eigenvalue weighted by Crippen LogP contribution is 2.29. The van der Waals surface area contributed by atoms with E-state index in [1.54, 1.807) is 30.3 Å². The summed E-state index contributed by atoms with van der Waals surface area (Å²) in [6.45, 7) is -0.380. The number of nitrogens with one attached hydrogen (secondary N) is 1. The zero-order chi connectivity index (χ0) is 21.0. The van der Waals surface area contributed by atoms with Gasteiger partial charge in [-0.25, -0.2) is 0 Å². The predicted octanol–water partition coefficient (Wildman–Crippen LogP) is 2.87. The van der Waals surface area contributed by atoms with Crippen molar-refractivity contribution in [3.8, 4) is 0 Å². The van der Waals surface area contributed by atoms with Gasteiger partial charge in [0.15, 0.2) is 5.78 Å². The highest BCUT2D eigenvalue weighted by molar-refractivity contribution is 8.15. The molecule has 0 aliphatic carbocycles. The number of carbonyl (C=O) groups excluding carboxylic acids is 4. The summed E-state index contributed by atoms with van der Waals surface area (Å²) in [4.78, 5) is 60.0. The molecule has 29 heavy (non-hydrogen) atoms. The topological polar surface area (TPSA) is 127 Å². The lowest BCUT2D eigenvalue weighted by Crippen LogP contribution is -2.36. The minimum atomic E-state index is -0.927. The minimum absolute atomic E-state index is 0.117. The molecule has 1 heterocycles. The van der Waals surface area contributed by atoms with Gasteiger partial charge in [0.05, 0.1) is 11.5 Å². The van der Waals surface area contributed by atoms with Crippen LogP contribution in [0.1, 0.15) is 16.8 Å². The molecule has 3 rings (SSSR count). The molecule has 0 bridgehead atoms. The van der Waals surface area contributed by atoms with Crippen LogP contribution in [-0.4, -0.2) is 44.5 Å². The summed E-state index contributed by atoms with van der Waals surface area (Å²) in [6, 6.07) is 13.5. The van der Waals surface area contributed by atoms with Gasteiger partial charge in [0, 0.05) is 29.8 Å². The average Bonchev–Trinajstić information content (AvgIpc) is 2.96. The number of hydrogen-bond donors (Lipinski definition) is 1. The number of anilines is 1. The summed E-state index contributed by atoms with van der Waals surface area (Å²) < 4.78 is 0. The quantitative estimate of drug-likeness (QED) is 0.420. The second-order valence-corrected chi connectivity index (χ2v) is 7.30. The van der Waals surface area contributed by atoms with Crippen molar-refractivity contribution in [1.29, 1.82) is 0 Å². The maximum Gasteiger partial charge on any atom is 0.289 e. The van der Waals surface area contributed by atoms with E-state index in [0.717, 1.165) is 4.90 Å². The van der Waals surface area contributed by atoms with E-state index in [1.807, 2.05) is 0 Å². The standard InChI is InChI=1S/C19H15N3O6S/c23-15(12-4-2-1-3-5-12)11-21-18(25)16(29-19(21)26)10-17(24)20-13-6-8-14(9-7-13)22(27)28/h1-9,16H,10-11H2,(H,20,24)/t16-/m1/s1. The first-order valence-electron chi connectivity index (χ1n) is 8.49. The van der Waals surface area contributed by atoms with E-state index >= 15 is 0 Å². The van der Waals surface area contributed by atoms with Gasteiger partial charge in [-0.1, -0.05) is 42.1 Å². The number of thioether (sulfide) groups is 1. The molecule has 0 radical (unpaired) electrons. The molecule has 10 heteroatoms. The monoisotopic (exact) mass is 413 g/mol. The SMILES string of the molecule is O=C(C[C@H]1SC(=O)N(CC(=O)c2ccccc2)C1=O)Nc1ccc([N+](=O)[O-])cc1. The number of benzene rings is 2. The number of hydrogen-bond acceptors (Lipinski definition) is 7. The third-order valence-electron chi connectivity index (χ3n) is 4.14. The first-order chi connectivity index (χ1) is 13.8. The molecule has 3 amide bonds. The number of Topliss-reactive ketones (excluding diaryl/α,β-unsaturated/α-hetero) is 1. The van der Waals surface area contributed by atoms with Crippen molar-refractivity contribution in [1.82, 2.24) is 4.90 Å². The average molecular weight is 413 g/mol. The van der Waals surface area contributed by atoms with Gasteiger partial charge in [0.25, 0.3) is 10.9 Å². The Kier molecular flexibility index (Phi) is 6.03. The second kappa shape index (κ2) is 8.65. The zero-order valence-corrected chi connectivity index (χ0v) is 15.8. The normalized spacial score (nSPS) is 16.0. The molecule has 1 aliphatic heterocycles. The Balaban J connectivity index is 1.58. The molecule has 0 aromatic heterocycles. The number of nitro benzene ring substituents is 1. The smallest absolute Gasteiger partial charge is 0.289 e. The first-order valence-corrected chi connectivity index (χ1v) is 9.37. The fourth-order valence-corrected chi connectivity index (χ4v) is 3.66. The molecule has 1 atom stereocenters. The van der Waals surface area contributed by atoms with Crippen LogP contribution in [0.15, 0.2) is 54.6 Å². The van der Waals surface area contributed by atoms with E-state index in [1.165, 1.54) is 24.3 Å². The van der Waals surface area contributed by atoms with Crippen LogP contribution in [0.5, 0.6) is 0 Å². The van der Waals surface area contributed by atoms with Crippen molar-refractivity contribution in [3.63, 3.8) is 0 Å². The lowest BCUT2D eigenvalue weighted by Gasteiger charge is -2.13. The second-order valence-electron chi connectivity index (χ2n) is 6.14. The largest absolute Gasteiger partial charge is 0.326 e. The van der Waals surface area contributed by atoms with Crippen LogP contribution in [0.4, 0.5) is 16.2 Å². The van der Waals surface area contributed by atoms with Gasteiger partial charge in [-0.2, -0.15) is 0 Å². The van der Waals surface area contributed by atoms with Crippen LogP contribution in [-0.2, 0) is 9.59 Å². The Morgan fingerprint density at radius 2 is 1.72 bits per heavy atom. The molecule has 0 saturated carbocycles. The summed E-state index contributed by atoms with van der Waals surface area (Å²) in [5, 5.41) is 11.7. The molecule has 0 spiro atoms. The Morgan fingerprint density at radius 3 is 2.34 bits per heavy atom. The molecular weight excluding hydrogens is 398 g/mol. The van der Waals surface area contributed by atoms with Crippen molar-refractivity contribution in [2.45, 2.75) is 11.7 Å². The van der Waals surface area contributed by atoms with E-state index in [-0.39, 0.29) is 24.4 Å². The van der Waals surface area contributed by atoms with Crippen LogP contribution in [0, 0.1) is 10.1 Å². The maximum atomic E-state index is 12.5. The van der Waals surface area contributed by atoms with Gasteiger partial charge >= 0.3 is 0 Å². The molecule has 148 valence electrons. The van der Waals surface area contributed by atoms with E-state index < -0.39 is 27.2 Å². The van der Waals surface area contributed by atoms with Gasteiger partial charge in [-0.05, 0) is 12.1 Å². The third kappa shape index (κ3) is 4.85. The minimum Gasteiger partial charge on any atom is -0.326 e. The highest BCUT2D eigenvalue weighted by atomic mass is 32.2. The molecular formula is C19H15N3O6S. The van der Waals surface area contributed by atoms with Gasteiger partial charge in [-0.15, -0.1) is 0 Å². The van der Waals surface area contributed by atoms with Crippen LogP contribution in [0.3, 0.4) is 0 Å². The van der Waals surface area contributed by atoms with Gasteiger partial charge in [0.1, 0.15) is 5.25 Å². The van der Waals surface area contributed by atoms with Crippen LogP contribution < -0.4 is 5.32 Å². The lowest BCUT2D eigenvalue weighted by molar-refractivity contribution is -0.384. The summed E-state index contributed by atoms with van der Waals surface area (Å²) in [5.74, 6) is -1.49. The third-order valence-corrected chi connectivity index (χ3v) is 5.21. The van der Waals surface area contributed by atoms with Gasteiger partial charge in [-0.3, -0.25) is 34.2 Å². The Morgan fingerprint density at radius 1 is 1.07 bits per heavy atom. The number of ketones is 1. The fourth-order valence-electron chi connectivity index (χ4n) is 2.68. The molecule has 1 N–H and O–H groups in total. The number of non-ortho nitro benzene ring substituents is 1. The number of amides is 3. The van der Waals surface area contributed by atoms with Crippen LogP contribution in [0.2, 0.25) is 0 Å².